The lowest BCUT2D eigenvalue weighted by atomic mass is 10.1. The van der Waals surface area contributed by atoms with Crippen LogP contribution in [0.15, 0.2) is 0 Å². The molecule has 2 fully saturated rings. The summed E-state index contributed by atoms with van der Waals surface area (Å²) in [4.78, 5) is 11.6. The summed E-state index contributed by atoms with van der Waals surface area (Å²) < 4.78 is 0. The molecule has 5 heteroatoms. The molecule has 2 aliphatic rings. The first kappa shape index (κ1) is 15.1. The van der Waals surface area contributed by atoms with E-state index in [1.165, 1.54) is 31.4 Å². The van der Waals surface area contributed by atoms with Gasteiger partial charge in [-0.15, -0.1) is 12.4 Å². The Morgan fingerprint density at radius 2 is 2.24 bits per heavy atom. The standard InChI is InChI=1S/C12H22N2OS.ClH/c15-12(6-5-10-3-1-7-13-10)14-9-11-4-2-8-16-11;/h10-11,13H,1-9H2,(H,14,15);1H. The second kappa shape index (κ2) is 8.22. The zero-order valence-electron chi connectivity index (χ0n) is 10.2. The van der Waals surface area contributed by atoms with Gasteiger partial charge in [0.2, 0.25) is 5.91 Å². The van der Waals surface area contributed by atoms with Crippen LogP contribution in [0.25, 0.3) is 0 Å². The van der Waals surface area contributed by atoms with E-state index in [1.807, 2.05) is 11.8 Å². The van der Waals surface area contributed by atoms with E-state index in [1.54, 1.807) is 0 Å². The van der Waals surface area contributed by atoms with Crippen LogP contribution in [-0.4, -0.2) is 36.0 Å². The summed E-state index contributed by atoms with van der Waals surface area (Å²) in [7, 11) is 0. The van der Waals surface area contributed by atoms with Crippen LogP contribution in [0.3, 0.4) is 0 Å². The molecule has 2 aliphatic heterocycles. The van der Waals surface area contributed by atoms with Gasteiger partial charge in [0.05, 0.1) is 0 Å². The zero-order chi connectivity index (χ0) is 11.2. The molecule has 0 spiro atoms. The minimum atomic E-state index is 0. The van der Waals surface area contributed by atoms with Gasteiger partial charge in [-0.05, 0) is 44.4 Å². The van der Waals surface area contributed by atoms with Gasteiger partial charge in [-0.1, -0.05) is 0 Å². The van der Waals surface area contributed by atoms with E-state index in [-0.39, 0.29) is 18.3 Å². The SMILES string of the molecule is Cl.O=C(CCC1CCCN1)NCC1CCCS1. The lowest BCUT2D eigenvalue weighted by Gasteiger charge is -2.12. The van der Waals surface area contributed by atoms with Crippen LogP contribution in [0.1, 0.15) is 38.5 Å². The van der Waals surface area contributed by atoms with Crippen LogP contribution >= 0.6 is 24.2 Å². The van der Waals surface area contributed by atoms with Crippen molar-refractivity contribution in [3.63, 3.8) is 0 Å². The number of nitrogens with one attached hydrogen (secondary N) is 2. The van der Waals surface area contributed by atoms with Crippen molar-refractivity contribution in [1.82, 2.24) is 10.6 Å². The number of carbonyl (C=O) groups excluding carboxylic acids is 1. The third-order valence-electron chi connectivity index (χ3n) is 3.43. The van der Waals surface area contributed by atoms with Crippen molar-refractivity contribution in [2.75, 3.05) is 18.8 Å². The Balaban J connectivity index is 0.00000144. The molecule has 2 unspecified atom stereocenters. The Hall–Kier alpha value is 0.0700. The molecule has 0 aliphatic carbocycles. The number of hydrogen-bond donors (Lipinski definition) is 2. The molecule has 2 heterocycles. The summed E-state index contributed by atoms with van der Waals surface area (Å²) in [5.41, 5.74) is 0. The maximum Gasteiger partial charge on any atom is 0.220 e. The number of hydrogen-bond acceptors (Lipinski definition) is 3. The Morgan fingerprint density at radius 3 is 2.88 bits per heavy atom. The van der Waals surface area contributed by atoms with Crippen molar-refractivity contribution >= 4 is 30.1 Å². The monoisotopic (exact) mass is 278 g/mol. The van der Waals surface area contributed by atoms with Gasteiger partial charge >= 0.3 is 0 Å². The highest BCUT2D eigenvalue weighted by molar-refractivity contribution is 8.00. The van der Waals surface area contributed by atoms with Gasteiger partial charge < -0.3 is 10.6 Å². The highest BCUT2D eigenvalue weighted by Gasteiger charge is 2.18. The van der Waals surface area contributed by atoms with E-state index in [2.05, 4.69) is 10.6 Å². The molecule has 0 aromatic heterocycles. The molecular weight excluding hydrogens is 256 g/mol. The Morgan fingerprint density at radius 1 is 1.35 bits per heavy atom. The highest BCUT2D eigenvalue weighted by Crippen LogP contribution is 2.25. The van der Waals surface area contributed by atoms with E-state index in [9.17, 15) is 4.79 Å². The second-order valence-electron chi connectivity index (χ2n) is 4.77. The number of carbonyl (C=O) groups is 1. The Kier molecular flexibility index (Phi) is 7.32. The van der Waals surface area contributed by atoms with Crippen molar-refractivity contribution in [3.8, 4) is 0 Å². The highest BCUT2D eigenvalue weighted by atomic mass is 35.5. The Bertz CT molecular complexity index is 207. The summed E-state index contributed by atoms with van der Waals surface area (Å²) >= 11 is 2.00. The number of halogens is 1. The van der Waals surface area contributed by atoms with Gasteiger partial charge in [0.1, 0.15) is 0 Å². The molecule has 2 atom stereocenters. The molecule has 0 aromatic rings. The molecular formula is C12H23ClN2OS. The van der Waals surface area contributed by atoms with Gasteiger partial charge in [-0.25, -0.2) is 0 Å². The number of amides is 1. The summed E-state index contributed by atoms with van der Waals surface area (Å²) in [6.45, 7) is 2.01. The smallest absolute Gasteiger partial charge is 0.220 e. The van der Waals surface area contributed by atoms with Gasteiger partial charge in [0.25, 0.3) is 0 Å². The molecule has 0 aromatic carbocycles. The molecule has 17 heavy (non-hydrogen) atoms. The molecule has 100 valence electrons. The van der Waals surface area contributed by atoms with Crippen molar-refractivity contribution < 1.29 is 4.79 Å². The maximum atomic E-state index is 11.6. The molecule has 0 radical (unpaired) electrons. The van der Waals surface area contributed by atoms with Crippen LogP contribution in [0.2, 0.25) is 0 Å². The lowest BCUT2D eigenvalue weighted by Crippen LogP contribution is -2.31. The number of rotatable bonds is 5. The normalized spacial score (nSPS) is 27.8. The summed E-state index contributed by atoms with van der Waals surface area (Å²) in [5, 5.41) is 7.16. The van der Waals surface area contributed by atoms with Crippen LogP contribution in [0.5, 0.6) is 0 Å². The molecule has 0 saturated carbocycles. The average Bonchev–Trinajstić information content (AvgIpc) is 2.96. The van der Waals surface area contributed by atoms with Gasteiger partial charge in [0.15, 0.2) is 0 Å². The number of thioether (sulfide) groups is 1. The Labute approximate surface area is 114 Å². The van der Waals surface area contributed by atoms with Crippen molar-refractivity contribution in [2.24, 2.45) is 0 Å². The third kappa shape index (κ3) is 5.49. The van der Waals surface area contributed by atoms with Crippen molar-refractivity contribution in [2.45, 2.75) is 49.8 Å². The van der Waals surface area contributed by atoms with Crippen LogP contribution < -0.4 is 10.6 Å². The molecule has 3 nitrogen and oxygen atoms in total. The third-order valence-corrected chi connectivity index (χ3v) is 4.83. The summed E-state index contributed by atoms with van der Waals surface area (Å²) in [6.07, 6.45) is 6.79. The predicted molar refractivity (Wildman–Crippen MR) is 76.0 cm³/mol. The molecule has 2 rings (SSSR count). The van der Waals surface area contributed by atoms with E-state index in [4.69, 9.17) is 0 Å². The summed E-state index contributed by atoms with van der Waals surface area (Å²) in [5.74, 6) is 1.51. The zero-order valence-corrected chi connectivity index (χ0v) is 11.9. The van der Waals surface area contributed by atoms with Crippen molar-refractivity contribution in [1.29, 1.82) is 0 Å². The molecule has 1 amide bonds. The van der Waals surface area contributed by atoms with E-state index >= 15 is 0 Å². The molecule has 2 N–H and O–H groups in total. The van der Waals surface area contributed by atoms with E-state index in [0.29, 0.717) is 17.7 Å². The fourth-order valence-corrected chi connectivity index (χ4v) is 3.63. The predicted octanol–water partition coefficient (Wildman–Crippen LogP) is 1.95. The van der Waals surface area contributed by atoms with Crippen molar-refractivity contribution in [3.05, 3.63) is 0 Å². The first-order chi connectivity index (χ1) is 7.84. The minimum absolute atomic E-state index is 0. The first-order valence-electron chi connectivity index (χ1n) is 6.46. The lowest BCUT2D eigenvalue weighted by molar-refractivity contribution is -0.121. The van der Waals surface area contributed by atoms with Gasteiger partial charge in [-0.2, -0.15) is 11.8 Å². The van der Waals surface area contributed by atoms with Crippen LogP contribution in [0.4, 0.5) is 0 Å². The topological polar surface area (TPSA) is 41.1 Å². The largest absolute Gasteiger partial charge is 0.355 e. The van der Waals surface area contributed by atoms with E-state index < -0.39 is 0 Å². The second-order valence-corrected chi connectivity index (χ2v) is 6.18. The van der Waals surface area contributed by atoms with E-state index in [0.717, 1.165) is 19.5 Å². The average molecular weight is 279 g/mol. The quantitative estimate of drug-likeness (QED) is 0.808. The summed E-state index contributed by atoms with van der Waals surface area (Å²) in [6, 6.07) is 0.589. The van der Waals surface area contributed by atoms with Crippen LogP contribution in [-0.2, 0) is 4.79 Å². The molecule has 0 bridgehead atoms. The fourth-order valence-electron chi connectivity index (χ4n) is 2.43. The fraction of sp³-hybridized carbons (Fsp3) is 0.917. The van der Waals surface area contributed by atoms with Gasteiger partial charge in [-0.3, -0.25) is 4.79 Å². The first-order valence-corrected chi connectivity index (χ1v) is 7.51. The maximum absolute atomic E-state index is 11.6. The molecule has 2 saturated heterocycles. The van der Waals surface area contributed by atoms with Gasteiger partial charge in [0, 0.05) is 24.3 Å². The minimum Gasteiger partial charge on any atom is -0.355 e. The van der Waals surface area contributed by atoms with Crippen LogP contribution in [0, 0.1) is 0 Å².